The van der Waals surface area contributed by atoms with Gasteiger partial charge in [0, 0.05) is 24.3 Å². The highest BCUT2D eigenvalue weighted by Crippen LogP contribution is 2.29. The molecule has 0 spiro atoms. The Bertz CT molecular complexity index is 939. The first-order valence-electron chi connectivity index (χ1n) is 9.94. The van der Waals surface area contributed by atoms with Crippen LogP contribution in [0.3, 0.4) is 0 Å². The third kappa shape index (κ3) is 5.17. The lowest BCUT2D eigenvalue weighted by Crippen LogP contribution is -2.28. The molecule has 0 aliphatic carbocycles. The quantitative estimate of drug-likeness (QED) is 0.709. The second kappa shape index (κ2) is 9.43. The number of carbonyl (C=O) groups is 3. The van der Waals surface area contributed by atoms with Gasteiger partial charge in [-0.15, -0.1) is 0 Å². The lowest BCUT2D eigenvalue weighted by Gasteiger charge is -2.19. The zero-order chi connectivity index (χ0) is 21.7. The van der Waals surface area contributed by atoms with Crippen LogP contribution in [0, 0.1) is 19.8 Å². The number of nitrogens with zero attached hydrogens (tertiary/aromatic N) is 1. The molecule has 30 heavy (non-hydrogen) atoms. The van der Waals surface area contributed by atoms with Crippen LogP contribution in [-0.4, -0.2) is 37.5 Å². The van der Waals surface area contributed by atoms with Gasteiger partial charge in [-0.05, 0) is 62.2 Å². The van der Waals surface area contributed by atoms with E-state index in [9.17, 15) is 14.4 Å². The molecule has 2 amide bonds. The number of carbonyl (C=O) groups excluding carboxylic acids is 3. The molecule has 7 heteroatoms. The van der Waals surface area contributed by atoms with Crippen molar-refractivity contribution in [1.82, 2.24) is 0 Å². The lowest BCUT2D eigenvalue weighted by molar-refractivity contribution is -0.151. The summed E-state index contributed by atoms with van der Waals surface area (Å²) >= 11 is 0. The number of hydrogen-bond donors (Lipinski definition) is 1. The van der Waals surface area contributed by atoms with Gasteiger partial charge in [0.15, 0.2) is 6.61 Å². The van der Waals surface area contributed by atoms with Crippen molar-refractivity contribution in [1.29, 1.82) is 0 Å². The molecule has 1 aliphatic rings. The van der Waals surface area contributed by atoms with Gasteiger partial charge in [-0.1, -0.05) is 12.1 Å². The molecule has 1 N–H and O–H groups in total. The summed E-state index contributed by atoms with van der Waals surface area (Å²) in [4.78, 5) is 38.5. The van der Waals surface area contributed by atoms with Crippen LogP contribution in [-0.2, 0) is 19.1 Å². The van der Waals surface area contributed by atoms with E-state index < -0.39 is 24.4 Å². The molecule has 0 radical (unpaired) electrons. The van der Waals surface area contributed by atoms with E-state index in [1.165, 1.54) is 0 Å². The average molecular weight is 410 g/mol. The number of esters is 1. The molecule has 0 bridgehead atoms. The van der Waals surface area contributed by atoms with Crippen molar-refractivity contribution in [2.45, 2.75) is 27.2 Å². The van der Waals surface area contributed by atoms with Crippen LogP contribution in [0.2, 0.25) is 0 Å². The number of anilines is 2. The third-order valence-corrected chi connectivity index (χ3v) is 4.91. The molecule has 0 unspecified atom stereocenters. The van der Waals surface area contributed by atoms with Crippen molar-refractivity contribution in [3.8, 4) is 5.75 Å². The van der Waals surface area contributed by atoms with Crippen LogP contribution in [0.15, 0.2) is 42.5 Å². The highest BCUT2D eigenvalue weighted by Gasteiger charge is 2.36. The van der Waals surface area contributed by atoms with E-state index in [1.54, 1.807) is 29.2 Å². The Labute approximate surface area is 176 Å². The summed E-state index contributed by atoms with van der Waals surface area (Å²) < 4.78 is 10.5. The standard InChI is InChI=1S/C23H26N2O5/c1-4-29-19-9-7-18(8-10-19)24-21(26)14-30-23(28)17-12-22(27)25(13-17)20-11-15(2)5-6-16(20)3/h5-11,17H,4,12-14H2,1-3H3,(H,24,26)/t17-/m0/s1. The highest BCUT2D eigenvalue weighted by molar-refractivity contribution is 6.00. The summed E-state index contributed by atoms with van der Waals surface area (Å²) in [5.74, 6) is -0.984. The molecule has 1 fully saturated rings. The van der Waals surface area contributed by atoms with Crippen molar-refractivity contribution in [3.63, 3.8) is 0 Å². The molecular weight excluding hydrogens is 384 g/mol. The fourth-order valence-corrected chi connectivity index (χ4v) is 3.36. The molecule has 1 heterocycles. The molecular formula is C23H26N2O5. The summed E-state index contributed by atoms with van der Waals surface area (Å²) in [6, 6.07) is 12.8. The summed E-state index contributed by atoms with van der Waals surface area (Å²) in [5.41, 5.74) is 3.40. The molecule has 3 rings (SSSR count). The van der Waals surface area contributed by atoms with E-state index >= 15 is 0 Å². The minimum atomic E-state index is -0.587. The first-order valence-corrected chi connectivity index (χ1v) is 9.94. The van der Waals surface area contributed by atoms with Crippen molar-refractivity contribution in [2.75, 3.05) is 30.0 Å². The Balaban J connectivity index is 1.52. The molecule has 1 saturated heterocycles. The van der Waals surface area contributed by atoms with Gasteiger partial charge in [-0.3, -0.25) is 14.4 Å². The fraction of sp³-hybridized carbons (Fsp3) is 0.348. The number of amides is 2. The van der Waals surface area contributed by atoms with Crippen LogP contribution in [0.25, 0.3) is 0 Å². The largest absolute Gasteiger partial charge is 0.494 e. The van der Waals surface area contributed by atoms with Crippen LogP contribution < -0.4 is 15.0 Å². The predicted octanol–water partition coefficient (Wildman–Crippen LogP) is 3.24. The monoisotopic (exact) mass is 410 g/mol. The molecule has 158 valence electrons. The van der Waals surface area contributed by atoms with Gasteiger partial charge in [-0.2, -0.15) is 0 Å². The molecule has 2 aromatic carbocycles. The summed E-state index contributed by atoms with van der Waals surface area (Å²) in [6.07, 6.45) is 0.0761. The molecule has 1 atom stereocenters. The Kier molecular flexibility index (Phi) is 6.72. The number of aryl methyl sites for hydroxylation is 2. The van der Waals surface area contributed by atoms with E-state index in [4.69, 9.17) is 9.47 Å². The topological polar surface area (TPSA) is 84.9 Å². The van der Waals surface area contributed by atoms with Crippen LogP contribution >= 0.6 is 0 Å². The SMILES string of the molecule is CCOc1ccc(NC(=O)COC(=O)[C@H]2CC(=O)N(c3cc(C)ccc3C)C2)cc1. The van der Waals surface area contributed by atoms with E-state index in [2.05, 4.69) is 5.32 Å². The van der Waals surface area contributed by atoms with E-state index in [0.29, 0.717) is 18.0 Å². The zero-order valence-electron chi connectivity index (χ0n) is 17.4. The van der Waals surface area contributed by atoms with Crippen molar-refractivity contribution in [3.05, 3.63) is 53.6 Å². The normalized spacial score (nSPS) is 15.8. The summed E-state index contributed by atoms with van der Waals surface area (Å²) in [6.45, 7) is 6.19. The number of rotatable bonds is 7. The number of hydrogen-bond acceptors (Lipinski definition) is 5. The van der Waals surface area contributed by atoms with Crippen LogP contribution in [0.4, 0.5) is 11.4 Å². The lowest BCUT2D eigenvalue weighted by atomic mass is 10.1. The maximum atomic E-state index is 12.4. The van der Waals surface area contributed by atoms with E-state index in [1.807, 2.05) is 39.0 Å². The Morgan fingerprint density at radius 3 is 2.57 bits per heavy atom. The van der Waals surface area contributed by atoms with Gasteiger partial charge < -0.3 is 19.7 Å². The number of nitrogens with one attached hydrogen (secondary N) is 1. The highest BCUT2D eigenvalue weighted by atomic mass is 16.5. The van der Waals surface area contributed by atoms with E-state index in [0.717, 1.165) is 16.8 Å². The third-order valence-electron chi connectivity index (χ3n) is 4.91. The Morgan fingerprint density at radius 1 is 1.13 bits per heavy atom. The predicted molar refractivity (Wildman–Crippen MR) is 114 cm³/mol. The molecule has 7 nitrogen and oxygen atoms in total. The maximum absolute atomic E-state index is 12.4. The minimum Gasteiger partial charge on any atom is -0.494 e. The first kappa shape index (κ1) is 21.4. The second-order valence-corrected chi connectivity index (χ2v) is 7.31. The van der Waals surface area contributed by atoms with Gasteiger partial charge in [0.05, 0.1) is 12.5 Å². The number of ether oxygens (including phenoxy) is 2. The number of benzene rings is 2. The van der Waals surface area contributed by atoms with Crippen molar-refractivity contribution < 1.29 is 23.9 Å². The zero-order valence-corrected chi connectivity index (χ0v) is 17.4. The van der Waals surface area contributed by atoms with Gasteiger partial charge in [-0.25, -0.2) is 0 Å². The van der Waals surface area contributed by atoms with Gasteiger partial charge >= 0.3 is 5.97 Å². The molecule has 0 aromatic heterocycles. The maximum Gasteiger partial charge on any atom is 0.311 e. The Morgan fingerprint density at radius 2 is 1.87 bits per heavy atom. The fourth-order valence-electron chi connectivity index (χ4n) is 3.36. The van der Waals surface area contributed by atoms with Crippen LogP contribution in [0.1, 0.15) is 24.5 Å². The Hall–Kier alpha value is -3.35. The van der Waals surface area contributed by atoms with Crippen molar-refractivity contribution in [2.24, 2.45) is 5.92 Å². The molecule has 1 aliphatic heterocycles. The first-order chi connectivity index (χ1) is 14.4. The smallest absolute Gasteiger partial charge is 0.311 e. The molecule has 0 saturated carbocycles. The van der Waals surface area contributed by atoms with Gasteiger partial charge in [0.1, 0.15) is 5.75 Å². The van der Waals surface area contributed by atoms with Crippen LogP contribution in [0.5, 0.6) is 5.75 Å². The summed E-state index contributed by atoms with van der Waals surface area (Å²) in [7, 11) is 0. The van der Waals surface area contributed by atoms with Crippen molar-refractivity contribution >= 4 is 29.2 Å². The second-order valence-electron chi connectivity index (χ2n) is 7.31. The minimum absolute atomic E-state index is 0.0761. The summed E-state index contributed by atoms with van der Waals surface area (Å²) in [5, 5.41) is 2.67. The van der Waals surface area contributed by atoms with Gasteiger partial charge in [0.25, 0.3) is 5.91 Å². The van der Waals surface area contributed by atoms with E-state index in [-0.39, 0.29) is 18.9 Å². The van der Waals surface area contributed by atoms with Gasteiger partial charge in [0.2, 0.25) is 5.91 Å². The average Bonchev–Trinajstić information content (AvgIpc) is 3.11. The molecule has 2 aromatic rings.